The van der Waals surface area contributed by atoms with E-state index in [1.807, 2.05) is 32.9 Å². The van der Waals surface area contributed by atoms with E-state index in [9.17, 15) is 4.79 Å². The van der Waals surface area contributed by atoms with Crippen molar-refractivity contribution in [2.45, 2.75) is 77.4 Å². The van der Waals surface area contributed by atoms with Gasteiger partial charge in [0.1, 0.15) is 11.7 Å². The lowest BCUT2D eigenvalue weighted by Gasteiger charge is -2.38. The molecule has 0 saturated carbocycles. The van der Waals surface area contributed by atoms with Crippen LogP contribution in [0.3, 0.4) is 0 Å². The van der Waals surface area contributed by atoms with Gasteiger partial charge in [-0.05, 0) is 38.9 Å². The lowest BCUT2D eigenvalue weighted by atomic mass is 10.1. The lowest BCUT2D eigenvalue weighted by Crippen LogP contribution is -2.51. The van der Waals surface area contributed by atoms with Crippen LogP contribution in [0.5, 0.6) is 0 Å². The summed E-state index contributed by atoms with van der Waals surface area (Å²) in [6.07, 6.45) is 3.23. The third-order valence-corrected chi connectivity index (χ3v) is 8.75. The average molecular weight is 344 g/mol. The molecule has 1 amide bonds. The second-order valence-electron chi connectivity index (χ2n) is 8.54. The maximum atomic E-state index is 12.0. The normalized spacial score (nSPS) is 22.8. The Hall–Kier alpha value is -0.853. The Balaban J connectivity index is 2.63. The molecule has 1 N–H and O–H groups in total. The minimum absolute atomic E-state index is 0.144. The minimum Gasteiger partial charge on any atom is -0.444 e. The quantitative estimate of drug-likeness (QED) is 0.622. The van der Waals surface area contributed by atoms with Crippen LogP contribution in [0.2, 0.25) is 18.1 Å². The van der Waals surface area contributed by atoms with E-state index in [2.05, 4.69) is 39.2 Å². The van der Waals surface area contributed by atoms with Crippen molar-refractivity contribution >= 4 is 14.4 Å². The summed E-state index contributed by atoms with van der Waals surface area (Å²) in [5.74, 6) is 0. The molecule has 1 aliphatic heterocycles. The van der Waals surface area contributed by atoms with Crippen molar-refractivity contribution in [3.63, 3.8) is 0 Å². The molecule has 23 heavy (non-hydrogen) atoms. The van der Waals surface area contributed by atoms with E-state index in [0.717, 1.165) is 0 Å². The van der Waals surface area contributed by atoms with E-state index in [-0.39, 0.29) is 17.2 Å². The number of nitrogens with one attached hydrogen (secondary N) is 1. The van der Waals surface area contributed by atoms with Crippen molar-refractivity contribution in [2.75, 3.05) is 13.2 Å². The summed E-state index contributed by atoms with van der Waals surface area (Å²) in [6.45, 7) is 17.6. The number of ether oxygens (including phenoxy) is 2. The van der Waals surface area contributed by atoms with Crippen LogP contribution in [0.15, 0.2) is 12.2 Å². The van der Waals surface area contributed by atoms with Gasteiger partial charge in [0, 0.05) is 0 Å². The summed E-state index contributed by atoms with van der Waals surface area (Å²) in [6, 6.07) is -0.233. The Morgan fingerprint density at radius 1 is 1.26 bits per heavy atom. The van der Waals surface area contributed by atoms with Crippen molar-refractivity contribution in [2.24, 2.45) is 0 Å². The van der Waals surface area contributed by atoms with E-state index < -0.39 is 20.0 Å². The van der Waals surface area contributed by atoms with Gasteiger partial charge in [0.25, 0.3) is 0 Å². The molecule has 5 nitrogen and oxygen atoms in total. The standard InChI is InChI=1S/C17H33NO4Si/c1-16(2,3)22-15(19)18-13-10-9-11-20-14(13)12-21-23(7,8)17(4,5)6/h9-10,13-14H,11-12H2,1-8H3,(H,18,19)/t13-,14-/m1/s1. The fourth-order valence-corrected chi connectivity index (χ4v) is 2.87. The molecule has 0 aromatic rings. The molecule has 134 valence electrons. The third-order valence-electron chi connectivity index (χ3n) is 4.25. The molecular formula is C17H33NO4Si. The molecular weight excluding hydrogens is 310 g/mol. The molecule has 0 aromatic heterocycles. The van der Waals surface area contributed by atoms with E-state index in [1.165, 1.54) is 0 Å². The fraction of sp³-hybridized carbons (Fsp3) is 0.824. The molecule has 1 heterocycles. The van der Waals surface area contributed by atoms with Gasteiger partial charge in [-0.3, -0.25) is 0 Å². The zero-order valence-electron chi connectivity index (χ0n) is 15.9. The summed E-state index contributed by atoms with van der Waals surface area (Å²) in [4.78, 5) is 12.0. The Morgan fingerprint density at radius 2 is 1.87 bits per heavy atom. The van der Waals surface area contributed by atoms with Crippen molar-refractivity contribution in [3.8, 4) is 0 Å². The van der Waals surface area contributed by atoms with Crippen molar-refractivity contribution in [1.82, 2.24) is 5.32 Å². The molecule has 0 fully saturated rings. The fourth-order valence-electron chi connectivity index (χ4n) is 1.85. The number of hydrogen-bond acceptors (Lipinski definition) is 4. The second-order valence-corrected chi connectivity index (χ2v) is 13.4. The summed E-state index contributed by atoms with van der Waals surface area (Å²) in [7, 11) is -1.84. The van der Waals surface area contributed by atoms with Gasteiger partial charge in [-0.1, -0.05) is 32.9 Å². The van der Waals surface area contributed by atoms with Gasteiger partial charge in [0.2, 0.25) is 0 Å². The minimum atomic E-state index is -1.84. The monoisotopic (exact) mass is 343 g/mol. The van der Waals surface area contributed by atoms with Gasteiger partial charge in [-0.25, -0.2) is 4.79 Å². The first-order chi connectivity index (χ1) is 10.3. The van der Waals surface area contributed by atoms with Crippen LogP contribution in [-0.4, -0.2) is 45.4 Å². The molecule has 6 heteroatoms. The molecule has 1 rings (SSSR count). The molecule has 0 unspecified atom stereocenters. The van der Waals surface area contributed by atoms with Gasteiger partial charge in [0.05, 0.1) is 19.3 Å². The largest absolute Gasteiger partial charge is 0.444 e. The Morgan fingerprint density at radius 3 is 2.39 bits per heavy atom. The molecule has 2 atom stereocenters. The number of amides is 1. The highest BCUT2D eigenvalue weighted by atomic mass is 28.4. The van der Waals surface area contributed by atoms with Crippen LogP contribution in [0.25, 0.3) is 0 Å². The molecule has 0 aliphatic carbocycles. The van der Waals surface area contributed by atoms with Crippen LogP contribution in [-0.2, 0) is 13.9 Å². The third kappa shape index (κ3) is 6.65. The smallest absolute Gasteiger partial charge is 0.408 e. The maximum Gasteiger partial charge on any atom is 0.408 e. The van der Waals surface area contributed by atoms with E-state index in [0.29, 0.717) is 13.2 Å². The van der Waals surface area contributed by atoms with E-state index in [1.54, 1.807) is 0 Å². The first-order valence-corrected chi connectivity index (χ1v) is 11.1. The predicted molar refractivity (Wildman–Crippen MR) is 95.2 cm³/mol. The van der Waals surface area contributed by atoms with Crippen LogP contribution in [0.4, 0.5) is 4.79 Å². The van der Waals surface area contributed by atoms with E-state index >= 15 is 0 Å². The highest BCUT2D eigenvalue weighted by Crippen LogP contribution is 2.36. The first kappa shape index (κ1) is 20.2. The summed E-state index contributed by atoms with van der Waals surface area (Å²) in [5.41, 5.74) is -0.517. The Bertz CT molecular complexity index is 435. The molecule has 0 spiro atoms. The zero-order chi connectivity index (χ0) is 17.9. The number of rotatable bonds is 4. The van der Waals surface area contributed by atoms with Gasteiger partial charge >= 0.3 is 6.09 Å². The van der Waals surface area contributed by atoms with Crippen LogP contribution >= 0.6 is 0 Å². The van der Waals surface area contributed by atoms with Crippen molar-refractivity contribution in [3.05, 3.63) is 12.2 Å². The summed E-state index contributed by atoms with van der Waals surface area (Å²) >= 11 is 0. The second kappa shape index (κ2) is 7.36. The molecule has 0 bridgehead atoms. The maximum absolute atomic E-state index is 12.0. The van der Waals surface area contributed by atoms with Gasteiger partial charge in [-0.15, -0.1) is 0 Å². The number of carbonyl (C=O) groups excluding carboxylic acids is 1. The molecule has 0 aromatic carbocycles. The SMILES string of the molecule is CC(C)(C)OC(=O)N[C@@H]1C=CCO[C@@H]1CO[Si](C)(C)C(C)(C)C. The Labute approximate surface area is 141 Å². The average Bonchev–Trinajstić information content (AvgIpc) is 2.34. The molecule has 1 aliphatic rings. The highest BCUT2D eigenvalue weighted by molar-refractivity contribution is 6.74. The number of hydrogen-bond donors (Lipinski definition) is 1. The lowest BCUT2D eigenvalue weighted by molar-refractivity contribution is 0.00264. The predicted octanol–water partition coefficient (Wildman–Crippen LogP) is 3.86. The van der Waals surface area contributed by atoms with E-state index in [4.69, 9.17) is 13.9 Å². The molecule has 0 radical (unpaired) electrons. The van der Waals surface area contributed by atoms with Crippen LogP contribution < -0.4 is 5.32 Å². The van der Waals surface area contributed by atoms with Crippen molar-refractivity contribution < 1.29 is 18.7 Å². The number of alkyl carbamates (subject to hydrolysis) is 1. The zero-order valence-corrected chi connectivity index (χ0v) is 16.9. The van der Waals surface area contributed by atoms with Gasteiger partial charge in [0.15, 0.2) is 8.32 Å². The summed E-state index contributed by atoms with van der Waals surface area (Å²) in [5, 5.41) is 3.01. The van der Waals surface area contributed by atoms with Gasteiger partial charge in [-0.2, -0.15) is 0 Å². The van der Waals surface area contributed by atoms with Crippen molar-refractivity contribution in [1.29, 1.82) is 0 Å². The number of carbonyl (C=O) groups is 1. The highest BCUT2D eigenvalue weighted by Gasteiger charge is 2.38. The molecule has 0 saturated heterocycles. The van der Waals surface area contributed by atoms with Crippen LogP contribution in [0, 0.1) is 0 Å². The topological polar surface area (TPSA) is 56.8 Å². The van der Waals surface area contributed by atoms with Gasteiger partial charge < -0.3 is 19.2 Å². The Kier molecular flexibility index (Phi) is 6.46. The van der Waals surface area contributed by atoms with Crippen LogP contribution in [0.1, 0.15) is 41.5 Å². The first-order valence-electron chi connectivity index (χ1n) is 8.23. The summed E-state index contributed by atoms with van der Waals surface area (Å²) < 4.78 is 17.3.